The number of pyridine rings is 1. The lowest BCUT2D eigenvalue weighted by Gasteiger charge is -2.43. The van der Waals surface area contributed by atoms with Gasteiger partial charge < -0.3 is 14.9 Å². The third kappa shape index (κ3) is 13.7. The molecule has 2 aromatic heterocycles. The maximum absolute atomic E-state index is 15.2. The predicted molar refractivity (Wildman–Crippen MR) is 288 cm³/mol. The highest BCUT2D eigenvalue weighted by Crippen LogP contribution is 2.45. The minimum Gasteiger partial charge on any atom is -0.368 e. The van der Waals surface area contributed by atoms with Crippen LogP contribution in [0.3, 0.4) is 0 Å². The number of anilines is 1. The van der Waals surface area contributed by atoms with Crippen LogP contribution in [0.2, 0.25) is 0 Å². The number of nitrogens with zero attached hydrogens (tertiary/aromatic N) is 5. The molecule has 3 fully saturated rings. The van der Waals surface area contributed by atoms with Crippen molar-refractivity contribution in [2.45, 2.75) is 162 Å². The van der Waals surface area contributed by atoms with E-state index in [9.17, 15) is 0 Å². The molecule has 1 aliphatic carbocycles. The SMILES string of the molecule is C=CNNCCCCCCc1cc(CC[C@@H]2C(C=C)CCN2S)cc(-c2ccc3c(c2)c(CC(C)(C)CCC(=C)C)c(-c2cc(N4CCN(C5CCC5)CC4)cnc2C(C)CC)n3CC(F)(F)F)c1. The van der Waals surface area contributed by atoms with E-state index in [1.54, 1.807) is 10.8 Å². The molecule has 2 aliphatic heterocycles. The summed E-state index contributed by atoms with van der Waals surface area (Å²) in [6.07, 6.45) is 16.7. The number of piperazine rings is 1. The van der Waals surface area contributed by atoms with E-state index in [-0.39, 0.29) is 11.3 Å². The largest absolute Gasteiger partial charge is 0.406 e. The van der Waals surface area contributed by atoms with E-state index in [0.29, 0.717) is 35.6 Å². The summed E-state index contributed by atoms with van der Waals surface area (Å²) < 4.78 is 49.3. The lowest BCUT2D eigenvalue weighted by atomic mass is 9.79. The van der Waals surface area contributed by atoms with Gasteiger partial charge in [-0.3, -0.25) is 9.88 Å². The van der Waals surface area contributed by atoms with Crippen LogP contribution in [0.15, 0.2) is 86.2 Å². The van der Waals surface area contributed by atoms with Gasteiger partial charge >= 0.3 is 6.18 Å². The molecular formula is C58H82F3N7S. The van der Waals surface area contributed by atoms with Gasteiger partial charge in [0.25, 0.3) is 0 Å². The fourth-order valence-electron chi connectivity index (χ4n) is 11.1. The Bertz CT molecular complexity index is 2360. The number of unbranched alkanes of at least 4 members (excludes halogenated alkanes) is 3. The van der Waals surface area contributed by atoms with Gasteiger partial charge in [-0.25, -0.2) is 9.73 Å². The van der Waals surface area contributed by atoms with Crippen molar-refractivity contribution in [2.75, 3.05) is 44.2 Å². The molecule has 0 amide bonds. The number of alkyl halides is 3. The topological polar surface area (TPSA) is 51.6 Å². The average Bonchev–Trinajstić information content (AvgIpc) is 3.81. The third-order valence-electron chi connectivity index (χ3n) is 15.6. The highest BCUT2D eigenvalue weighted by atomic mass is 32.1. The van der Waals surface area contributed by atoms with E-state index in [1.165, 1.54) is 30.4 Å². The Labute approximate surface area is 418 Å². The van der Waals surface area contributed by atoms with Crippen LogP contribution in [0, 0.1) is 11.3 Å². The normalized spacial score (nSPS) is 19.0. The summed E-state index contributed by atoms with van der Waals surface area (Å²) in [5, 5.41) is 0.891. The smallest absolute Gasteiger partial charge is 0.368 e. The van der Waals surface area contributed by atoms with Gasteiger partial charge in [0, 0.05) is 74.0 Å². The monoisotopic (exact) mass is 966 g/mol. The van der Waals surface area contributed by atoms with Crippen LogP contribution in [0.4, 0.5) is 18.9 Å². The van der Waals surface area contributed by atoms with E-state index in [2.05, 4.69) is 122 Å². The maximum atomic E-state index is 15.2. The quantitative estimate of drug-likeness (QED) is 0.0266. The molecule has 2 aromatic carbocycles. The molecule has 2 N–H and O–H groups in total. The number of fused-ring (bicyclic) bond motifs is 1. The van der Waals surface area contributed by atoms with Gasteiger partial charge in [0.05, 0.1) is 23.3 Å². The fraction of sp³-hybridized carbons (Fsp3) is 0.569. The molecule has 376 valence electrons. The number of aryl methyl sites for hydroxylation is 2. The Kier molecular flexibility index (Phi) is 18.3. The van der Waals surface area contributed by atoms with Gasteiger partial charge in [0.1, 0.15) is 6.54 Å². The van der Waals surface area contributed by atoms with Crippen molar-refractivity contribution in [1.82, 2.24) is 29.6 Å². The van der Waals surface area contributed by atoms with E-state index >= 15 is 13.2 Å². The molecule has 1 saturated carbocycles. The van der Waals surface area contributed by atoms with Gasteiger partial charge in [0.15, 0.2) is 0 Å². The Morgan fingerprint density at radius 1 is 0.928 bits per heavy atom. The number of thiol groups is 1. The Hall–Kier alpha value is -4.03. The molecule has 4 aromatic rings. The molecule has 0 bridgehead atoms. The molecule has 69 heavy (non-hydrogen) atoms. The summed E-state index contributed by atoms with van der Waals surface area (Å²) in [6.45, 7) is 27.5. The van der Waals surface area contributed by atoms with Gasteiger partial charge in [-0.2, -0.15) is 13.2 Å². The highest BCUT2D eigenvalue weighted by molar-refractivity contribution is 7.77. The van der Waals surface area contributed by atoms with Crippen LogP contribution in [0.1, 0.15) is 140 Å². The Morgan fingerprint density at radius 3 is 2.33 bits per heavy atom. The molecule has 4 heterocycles. The molecule has 3 aliphatic rings. The molecule has 0 spiro atoms. The molecule has 7 nitrogen and oxygen atoms in total. The number of allylic oxidation sites excluding steroid dienone is 1. The first-order chi connectivity index (χ1) is 33.1. The number of aromatic nitrogens is 2. The Morgan fingerprint density at radius 2 is 1.67 bits per heavy atom. The number of benzene rings is 2. The maximum Gasteiger partial charge on any atom is 0.406 e. The molecule has 2 unspecified atom stereocenters. The molecule has 11 heteroatoms. The summed E-state index contributed by atoms with van der Waals surface area (Å²) in [4.78, 5) is 10.2. The van der Waals surface area contributed by atoms with Crippen molar-refractivity contribution >= 4 is 29.4 Å². The number of hydrogen-bond donors (Lipinski definition) is 3. The average molecular weight is 966 g/mol. The minimum absolute atomic E-state index is 0.0504. The highest BCUT2D eigenvalue weighted by Gasteiger charge is 2.36. The van der Waals surface area contributed by atoms with Crippen LogP contribution in [-0.2, 0) is 25.8 Å². The second-order valence-corrected chi connectivity index (χ2v) is 22.1. The molecule has 0 radical (unpaired) electrons. The van der Waals surface area contributed by atoms with E-state index in [4.69, 9.17) is 17.8 Å². The number of halogens is 3. The Balaban J connectivity index is 1.35. The van der Waals surface area contributed by atoms with Crippen LogP contribution in [-0.4, -0.2) is 76.3 Å². The zero-order valence-corrected chi connectivity index (χ0v) is 43.5. The van der Waals surface area contributed by atoms with Crippen molar-refractivity contribution in [3.8, 4) is 22.4 Å². The zero-order valence-electron chi connectivity index (χ0n) is 42.6. The number of hydrogen-bond acceptors (Lipinski definition) is 7. The van der Waals surface area contributed by atoms with Crippen LogP contribution >= 0.6 is 12.8 Å². The van der Waals surface area contributed by atoms with Crippen LogP contribution < -0.4 is 15.8 Å². The second kappa shape index (κ2) is 23.9. The van der Waals surface area contributed by atoms with Crippen molar-refractivity contribution in [3.63, 3.8) is 0 Å². The van der Waals surface area contributed by atoms with Crippen LogP contribution in [0.25, 0.3) is 33.3 Å². The molecule has 2 saturated heterocycles. The van der Waals surface area contributed by atoms with Crippen molar-refractivity contribution < 1.29 is 13.2 Å². The lowest BCUT2D eigenvalue weighted by molar-refractivity contribution is -0.139. The fourth-order valence-corrected chi connectivity index (χ4v) is 11.5. The molecule has 3 atom stereocenters. The zero-order chi connectivity index (χ0) is 49.3. The first kappa shape index (κ1) is 52.8. The lowest BCUT2D eigenvalue weighted by Crippen LogP contribution is -2.52. The van der Waals surface area contributed by atoms with E-state index in [0.717, 1.165) is 154 Å². The predicted octanol–water partition coefficient (Wildman–Crippen LogP) is 14.0. The van der Waals surface area contributed by atoms with E-state index in [1.807, 2.05) is 12.3 Å². The third-order valence-corrected chi connectivity index (χ3v) is 16.1. The summed E-state index contributed by atoms with van der Waals surface area (Å²) in [5.74, 6) is 0.463. The summed E-state index contributed by atoms with van der Waals surface area (Å²) >= 11 is 4.85. The first-order valence-corrected chi connectivity index (χ1v) is 26.6. The van der Waals surface area contributed by atoms with E-state index < -0.39 is 12.7 Å². The first-order valence-electron chi connectivity index (χ1n) is 26.2. The van der Waals surface area contributed by atoms with Gasteiger partial charge in [0.2, 0.25) is 0 Å². The van der Waals surface area contributed by atoms with Crippen LogP contribution in [0.5, 0.6) is 0 Å². The van der Waals surface area contributed by atoms with Gasteiger partial charge in [-0.1, -0.05) is 102 Å². The summed E-state index contributed by atoms with van der Waals surface area (Å²) in [5.41, 5.74) is 16.7. The molecular weight excluding hydrogens is 884 g/mol. The van der Waals surface area contributed by atoms with Crippen molar-refractivity contribution in [2.24, 2.45) is 11.3 Å². The van der Waals surface area contributed by atoms with Crippen molar-refractivity contribution in [3.05, 3.63) is 109 Å². The van der Waals surface area contributed by atoms with Gasteiger partial charge in [-0.05, 0) is 147 Å². The summed E-state index contributed by atoms with van der Waals surface area (Å²) in [7, 11) is 0. The second-order valence-electron chi connectivity index (χ2n) is 21.5. The standard InChI is InChI=1S/C58H82F3N7S/c1-9-42(6)55-51(37-49(39-62-55)66-31-29-65(30-32-66)48-18-16-19-48)56-52(38-57(7,8)26-24-41(4)5)50-36-46(21-23-54(50)67(56)40-58(59,60)61)47-34-43(17-14-12-13-15-27-64-63-11-3)33-44(35-47)20-22-53-45(10-2)25-28-68(53)69/h10-11,21,23,33-37,39,42,45,48,53,63-64,69H,2-4,9,12-20,22,24-32,38,40H2,1,5-8H3/t42?,45?,53-/m1/s1. The number of nitrogens with one attached hydrogen (secondary N) is 2. The number of hydrazine groups is 1. The minimum atomic E-state index is -4.44. The number of rotatable bonds is 25. The molecule has 7 rings (SSSR count). The van der Waals surface area contributed by atoms with Crippen molar-refractivity contribution in [1.29, 1.82) is 0 Å². The van der Waals surface area contributed by atoms with Gasteiger partial charge in [-0.15, -0.1) is 13.2 Å². The summed E-state index contributed by atoms with van der Waals surface area (Å²) in [6, 6.07) is 16.5.